The van der Waals surface area contributed by atoms with E-state index in [1.165, 1.54) is 16.9 Å². The molecule has 4 heteroatoms. The Kier molecular flexibility index (Phi) is 3.17. The van der Waals surface area contributed by atoms with Crippen molar-refractivity contribution in [2.24, 2.45) is 0 Å². The molecular weight excluding hydrogens is 258 g/mol. The lowest BCUT2D eigenvalue weighted by atomic mass is 9.99. The van der Waals surface area contributed by atoms with E-state index in [4.69, 9.17) is 0 Å². The number of carbonyl (C=O) groups excluding carboxylic acids is 2. The molecule has 0 saturated carbocycles. The van der Waals surface area contributed by atoms with Crippen molar-refractivity contribution >= 4 is 23.0 Å². The van der Waals surface area contributed by atoms with Crippen molar-refractivity contribution in [1.82, 2.24) is 4.90 Å². The van der Waals surface area contributed by atoms with Crippen LogP contribution < -0.4 is 0 Å². The minimum Gasteiger partial charge on any atom is -0.331 e. The average Bonchev–Trinajstić information content (AvgIpc) is 2.99. The van der Waals surface area contributed by atoms with E-state index < -0.39 is 11.7 Å². The highest BCUT2D eigenvalue weighted by Crippen LogP contribution is 2.20. The standard InChI is InChI=1S/C15H13NO2S/c17-14(13-6-3-9-19-13)15(18)16-8-7-11-4-1-2-5-12(11)10-16/h1-6,9H,7-8,10H2. The number of hydrogen-bond acceptors (Lipinski definition) is 3. The van der Waals surface area contributed by atoms with Crippen LogP contribution in [0.4, 0.5) is 0 Å². The van der Waals surface area contributed by atoms with Gasteiger partial charge >= 0.3 is 0 Å². The Bertz CT molecular complexity index is 619. The SMILES string of the molecule is O=C(C(=O)N1CCc2ccccc2C1)c1cccs1. The number of rotatable bonds is 2. The Morgan fingerprint density at radius 3 is 2.58 bits per heavy atom. The van der Waals surface area contributed by atoms with Crippen molar-refractivity contribution in [2.75, 3.05) is 6.54 Å². The van der Waals surface area contributed by atoms with E-state index in [1.807, 2.05) is 23.6 Å². The molecule has 96 valence electrons. The highest BCUT2D eigenvalue weighted by Gasteiger charge is 2.26. The lowest BCUT2D eigenvalue weighted by Crippen LogP contribution is -2.39. The van der Waals surface area contributed by atoms with Gasteiger partial charge in [0.1, 0.15) is 0 Å². The summed E-state index contributed by atoms with van der Waals surface area (Å²) >= 11 is 1.31. The molecule has 0 unspecified atom stereocenters. The van der Waals surface area contributed by atoms with Crippen LogP contribution in [0.5, 0.6) is 0 Å². The molecule has 1 aliphatic heterocycles. The number of ketones is 1. The number of fused-ring (bicyclic) bond motifs is 1. The summed E-state index contributed by atoms with van der Waals surface area (Å²) in [4.78, 5) is 26.4. The fourth-order valence-electron chi connectivity index (χ4n) is 2.33. The van der Waals surface area contributed by atoms with E-state index in [0.29, 0.717) is 18.0 Å². The molecule has 2 heterocycles. The summed E-state index contributed by atoms with van der Waals surface area (Å²) in [5, 5.41) is 1.81. The van der Waals surface area contributed by atoms with E-state index in [2.05, 4.69) is 6.07 Å². The Morgan fingerprint density at radius 2 is 1.84 bits per heavy atom. The molecule has 1 amide bonds. The van der Waals surface area contributed by atoms with Gasteiger partial charge in [0.2, 0.25) is 0 Å². The molecule has 1 aromatic heterocycles. The van der Waals surface area contributed by atoms with E-state index in [1.54, 1.807) is 17.0 Å². The molecule has 19 heavy (non-hydrogen) atoms. The highest BCUT2D eigenvalue weighted by molar-refractivity contribution is 7.12. The van der Waals surface area contributed by atoms with E-state index in [0.717, 1.165) is 12.0 Å². The minimum absolute atomic E-state index is 0.392. The minimum atomic E-state index is -0.394. The predicted molar refractivity (Wildman–Crippen MR) is 74.2 cm³/mol. The topological polar surface area (TPSA) is 37.4 Å². The largest absolute Gasteiger partial charge is 0.331 e. The van der Waals surface area contributed by atoms with Crippen molar-refractivity contribution < 1.29 is 9.59 Å². The van der Waals surface area contributed by atoms with Gasteiger partial charge in [-0.15, -0.1) is 11.3 Å². The third-order valence-electron chi connectivity index (χ3n) is 3.36. The van der Waals surface area contributed by atoms with Crippen LogP contribution in [0, 0.1) is 0 Å². The maximum Gasteiger partial charge on any atom is 0.296 e. The molecule has 3 rings (SSSR count). The summed E-state index contributed by atoms with van der Waals surface area (Å²) in [6.07, 6.45) is 0.819. The van der Waals surface area contributed by atoms with Crippen molar-refractivity contribution in [3.8, 4) is 0 Å². The normalized spacial score (nSPS) is 14.0. The summed E-state index contributed by atoms with van der Waals surface area (Å²) < 4.78 is 0. The van der Waals surface area contributed by atoms with Gasteiger partial charge in [0.05, 0.1) is 4.88 Å². The Morgan fingerprint density at radius 1 is 1.05 bits per heavy atom. The molecule has 0 atom stereocenters. The smallest absolute Gasteiger partial charge is 0.296 e. The molecule has 0 fully saturated rings. The third kappa shape index (κ3) is 2.31. The number of hydrogen-bond donors (Lipinski definition) is 0. The molecule has 0 bridgehead atoms. The van der Waals surface area contributed by atoms with Gasteiger partial charge in [-0.2, -0.15) is 0 Å². The molecule has 1 aromatic carbocycles. The second kappa shape index (κ2) is 4.97. The second-order valence-corrected chi connectivity index (χ2v) is 5.50. The van der Waals surface area contributed by atoms with Crippen molar-refractivity contribution in [3.63, 3.8) is 0 Å². The highest BCUT2D eigenvalue weighted by atomic mass is 32.1. The van der Waals surface area contributed by atoms with Crippen molar-refractivity contribution in [1.29, 1.82) is 0 Å². The number of benzene rings is 1. The van der Waals surface area contributed by atoms with Crippen LogP contribution in [0.15, 0.2) is 41.8 Å². The number of amides is 1. The molecule has 0 aliphatic carbocycles. The third-order valence-corrected chi connectivity index (χ3v) is 4.23. The van der Waals surface area contributed by atoms with E-state index in [-0.39, 0.29) is 0 Å². The summed E-state index contributed by atoms with van der Waals surface area (Å²) in [6, 6.07) is 11.6. The molecule has 3 nitrogen and oxygen atoms in total. The number of carbonyl (C=O) groups is 2. The molecule has 0 spiro atoms. The first-order valence-corrected chi connectivity index (χ1v) is 7.07. The zero-order valence-corrected chi connectivity index (χ0v) is 11.2. The zero-order chi connectivity index (χ0) is 13.2. The van der Waals surface area contributed by atoms with Gasteiger partial charge in [0, 0.05) is 13.1 Å². The summed E-state index contributed by atoms with van der Waals surface area (Å²) in [6.45, 7) is 1.15. The van der Waals surface area contributed by atoms with E-state index in [9.17, 15) is 9.59 Å². The molecule has 0 radical (unpaired) electrons. The van der Waals surface area contributed by atoms with Gasteiger partial charge in [-0.1, -0.05) is 30.3 Å². The van der Waals surface area contributed by atoms with E-state index >= 15 is 0 Å². The van der Waals surface area contributed by atoms with Gasteiger partial charge in [0.25, 0.3) is 11.7 Å². The molecule has 1 aliphatic rings. The summed E-state index contributed by atoms with van der Waals surface area (Å²) in [7, 11) is 0. The van der Waals surface area contributed by atoms with Crippen LogP contribution in [0.2, 0.25) is 0 Å². The first kappa shape index (κ1) is 12.1. The zero-order valence-electron chi connectivity index (χ0n) is 10.3. The number of Topliss-reactive ketones (excluding diaryl/α,β-unsaturated/α-hetero) is 1. The maximum atomic E-state index is 12.2. The Hall–Kier alpha value is -1.94. The molecular formula is C15H13NO2S. The van der Waals surface area contributed by atoms with Gasteiger partial charge in [0.15, 0.2) is 0 Å². The Balaban J connectivity index is 1.78. The van der Waals surface area contributed by atoms with Gasteiger partial charge in [-0.05, 0) is 29.0 Å². The summed E-state index contributed by atoms with van der Waals surface area (Å²) in [5.41, 5.74) is 2.41. The molecule has 0 N–H and O–H groups in total. The average molecular weight is 271 g/mol. The molecule has 0 saturated heterocycles. The van der Waals surface area contributed by atoms with Crippen LogP contribution in [0.1, 0.15) is 20.8 Å². The number of thiophene rings is 1. The first-order valence-electron chi connectivity index (χ1n) is 6.19. The van der Waals surface area contributed by atoms with Crippen LogP contribution in [0.3, 0.4) is 0 Å². The van der Waals surface area contributed by atoms with Crippen LogP contribution >= 0.6 is 11.3 Å². The van der Waals surface area contributed by atoms with Gasteiger partial charge < -0.3 is 4.90 Å². The quantitative estimate of drug-likeness (QED) is 0.621. The van der Waals surface area contributed by atoms with Crippen LogP contribution in [0.25, 0.3) is 0 Å². The second-order valence-electron chi connectivity index (χ2n) is 4.55. The molecule has 2 aromatic rings. The Labute approximate surface area is 115 Å². The van der Waals surface area contributed by atoms with Crippen molar-refractivity contribution in [3.05, 3.63) is 57.8 Å². The van der Waals surface area contributed by atoms with Gasteiger partial charge in [-0.25, -0.2) is 0 Å². The van der Waals surface area contributed by atoms with Crippen LogP contribution in [-0.4, -0.2) is 23.1 Å². The summed E-state index contributed by atoms with van der Waals surface area (Å²) in [5.74, 6) is -0.786. The van der Waals surface area contributed by atoms with Crippen LogP contribution in [-0.2, 0) is 17.8 Å². The maximum absolute atomic E-state index is 12.2. The number of nitrogens with zero attached hydrogens (tertiary/aromatic N) is 1. The fourth-order valence-corrected chi connectivity index (χ4v) is 2.98. The van der Waals surface area contributed by atoms with Gasteiger partial charge in [-0.3, -0.25) is 9.59 Å². The predicted octanol–water partition coefficient (Wildman–Crippen LogP) is 2.52. The van der Waals surface area contributed by atoms with Crippen molar-refractivity contribution in [2.45, 2.75) is 13.0 Å². The fraction of sp³-hybridized carbons (Fsp3) is 0.200. The lowest BCUT2D eigenvalue weighted by molar-refractivity contribution is -0.127. The first-order chi connectivity index (χ1) is 9.25. The lowest BCUT2D eigenvalue weighted by Gasteiger charge is -2.28. The monoisotopic (exact) mass is 271 g/mol.